The highest BCUT2D eigenvalue weighted by Gasteiger charge is 2.14. The molecule has 0 bridgehead atoms. The lowest BCUT2D eigenvalue weighted by atomic mass is 10.1. The standard InChI is InChI=1S/C25H34N4O2/c1-20(2)11-16-31-22-9-7-21(8-10-22)19-26-25-27-23-5-3-4-6-24(23)29(25)13-12-28-14-17-30-18-15-28/h3-10,20H,11-19H2,1-2H3,(H,26,27). The number of ether oxygens (including phenoxy) is 2. The van der Waals surface area contributed by atoms with E-state index in [9.17, 15) is 0 Å². The van der Waals surface area contributed by atoms with Crippen LogP contribution in [-0.4, -0.2) is 53.9 Å². The second kappa shape index (κ2) is 10.6. The summed E-state index contributed by atoms with van der Waals surface area (Å²) in [7, 11) is 0. The van der Waals surface area contributed by atoms with E-state index in [4.69, 9.17) is 14.5 Å². The monoisotopic (exact) mass is 422 g/mol. The molecule has 1 aliphatic rings. The second-order valence-corrected chi connectivity index (χ2v) is 8.56. The highest BCUT2D eigenvalue weighted by Crippen LogP contribution is 2.21. The first-order valence-electron chi connectivity index (χ1n) is 11.4. The summed E-state index contributed by atoms with van der Waals surface area (Å²) in [6.07, 6.45) is 1.07. The number of nitrogens with zero attached hydrogens (tertiary/aromatic N) is 3. The summed E-state index contributed by atoms with van der Waals surface area (Å²) in [5.74, 6) is 2.51. The van der Waals surface area contributed by atoms with Crippen molar-refractivity contribution in [3.8, 4) is 5.75 Å². The summed E-state index contributed by atoms with van der Waals surface area (Å²) in [5, 5.41) is 3.55. The van der Waals surface area contributed by atoms with Crippen molar-refractivity contribution in [2.45, 2.75) is 33.4 Å². The third-order valence-electron chi connectivity index (χ3n) is 5.74. The Labute approximate surface area is 185 Å². The molecule has 1 N–H and O–H groups in total. The number of imidazole rings is 1. The minimum Gasteiger partial charge on any atom is -0.494 e. The van der Waals surface area contributed by atoms with Crippen molar-refractivity contribution in [2.24, 2.45) is 5.92 Å². The number of hydrogen-bond donors (Lipinski definition) is 1. The topological polar surface area (TPSA) is 51.5 Å². The molecule has 0 atom stereocenters. The number of aromatic nitrogens is 2. The minimum atomic E-state index is 0.658. The normalized spacial score (nSPS) is 14.9. The number of benzene rings is 2. The van der Waals surface area contributed by atoms with E-state index in [1.54, 1.807) is 0 Å². The van der Waals surface area contributed by atoms with E-state index in [-0.39, 0.29) is 0 Å². The lowest BCUT2D eigenvalue weighted by Crippen LogP contribution is -2.38. The number of fused-ring (bicyclic) bond motifs is 1. The van der Waals surface area contributed by atoms with Crippen LogP contribution in [0.15, 0.2) is 48.5 Å². The van der Waals surface area contributed by atoms with Crippen LogP contribution in [0.2, 0.25) is 0 Å². The molecule has 1 fully saturated rings. The Morgan fingerprint density at radius 3 is 2.58 bits per heavy atom. The highest BCUT2D eigenvalue weighted by atomic mass is 16.5. The second-order valence-electron chi connectivity index (χ2n) is 8.56. The zero-order valence-electron chi connectivity index (χ0n) is 18.7. The van der Waals surface area contributed by atoms with Gasteiger partial charge in [-0.2, -0.15) is 0 Å². The van der Waals surface area contributed by atoms with Crippen LogP contribution in [0, 0.1) is 5.92 Å². The summed E-state index contributed by atoms with van der Waals surface area (Å²) in [4.78, 5) is 7.31. The van der Waals surface area contributed by atoms with Gasteiger partial charge in [0, 0.05) is 32.7 Å². The number of hydrogen-bond acceptors (Lipinski definition) is 5. The van der Waals surface area contributed by atoms with Gasteiger partial charge < -0.3 is 19.4 Å². The maximum atomic E-state index is 5.83. The Kier molecular flexibility index (Phi) is 7.43. The molecule has 2 heterocycles. The van der Waals surface area contributed by atoms with Crippen LogP contribution < -0.4 is 10.1 Å². The Bertz CT molecular complexity index is 946. The molecule has 0 unspecified atom stereocenters. The molecule has 4 rings (SSSR count). The van der Waals surface area contributed by atoms with Crippen molar-refractivity contribution in [2.75, 3.05) is 44.8 Å². The molecule has 2 aromatic carbocycles. The van der Waals surface area contributed by atoms with Gasteiger partial charge in [0.25, 0.3) is 0 Å². The van der Waals surface area contributed by atoms with Crippen molar-refractivity contribution in [3.05, 3.63) is 54.1 Å². The fourth-order valence-electron chi connectivity index (χ4n) is 3.80. The van der Waals surface area contributed by atoms with Gasteiger partial charge in [-0.1, -0.05) is 38.1 Å². The Morgan fingerprint density at radius 2 is 1.81 bits per heavy atom. The van der Waals surface area contributed by atoms with Gasteiger partial charge in [0.1, 0.15) is 5.75 Å². The number of para-hydroxylation sites is 2. The third kappa shape index (κ3) is 5.99. The van der Waals surface area contributed by atoms with Gasteiger partial charge in [-0.25, -0.2) is 4.98 Å². The van der Waals surface area contributed by atoms with Crippen LogP contribution >= 0.6 is 0 Å². The van der Waals surface area contributed by atoms with Crippen LogP contribution in [0.25, 0.3) is 11.0 Å². The van der Waals surface area contributed by atoms with Gasteiger partial charge >= 0.3 is 0 Å². The maximum Gasteiger partial charge on any atom is 0.204 e. The van der Waals surface area contributed by atoms with Gasteiger partial charge in [0.2, 0.25) is 5.95 Å². The Balaban J connectivity index is 1.39. The number of rotatable bonds is 10. The van der Waals surface area contributed by atoms with E-state index in [0.717, 1.165) is 76.2 Å². The van der Waals surface area contributed by atoms with Crippen LogP contribution in [0.4, 0.5) is 5.95 Å². The van der Waals surface area contributed by atoms with Gasteiger partial charge in [-0.3, -0.25) is 4.90 Å². The van der Waals surface area contributed by atoms with E-state index >= 15 is 0 Å². The summed E-state index contributed by atoms with van der Waals surface area (Å²) in [6.45, 7) is 11.5. The molecular formula is C25H34N4O2. The van der Waals surface area contributed by atoms with E-state index in [1.807, 2.05) is 6.07 Å². The predicted molar refractivity (Wildman–Crippen MR) is 126 cm³/mol. The molecule has 166 valence electrons. The molecule has 31 heavy (non-hydrogen) atoms. The lowest BCUT2D eigenvalue weighted by molar-refractivity contribution is 0.0366. The van der Waals surface area contributed by atoms with E-state index in [1.165, 1.54) is 11.1 Å². The molecule has 0 radical (unpaired) electrons. The summed E-state index contributed by atoms with van der Waals surface area (Å²) < 4.78 is 13.6. The molecular weight excluding hydrogens is 388 g/mol. The fourth-order valence-corrected chi connectivity index (χ4v) is 3.80. The van der Waals surface area contributed by atoms with E-state index < -0.39 is 0 Å². The van der Waals surface area contributed by atoms with Crippen molar-refractivity contribution in [1.82, 2.24) is 14.5 Å². The summed E-state index contributed by atoms with van der Waals surface area (Å²) >= 11 is 0. The average molecular weight is 423 g/mol. The van der Waals surface area contributed by atoms with Crippen LogP contribution in [-0.2, 0) is 17.8 Å². The molecule has 0 aliphatic carbocycles. The molecule has 1 aromatic heterocycles. The molecule has 0 spiro atoms. The summed E-state index contributed by atoms with van der Waals surface area (Å²) in [6, 6.07) is 16.7. The van der Waals surface area contributed by atoms with Crippen LogP contribution in [0.3, 0.4) is 0 Å². The smallest absolute Gasteiger partial charge is 0.204 e. The van der Waals surface area contributed by atoms with Crippen molar-refractivity contribution >= 4 is 17.0 Å². The number of anilines is 1. The predicted octanol–water partition coefficient (Wildman–Crippen LogP) is 4.41. The first-order valence-corrected chi connectivity index (χ1v) is 11.4. The average Bonchev–Trinajstić information content (AvgIpc) is 3.15. The minimum absolute atomic E-state index is 0.658. The zero-order valence-corrected chi connectivity index (χ0v) is 18.7. The Hall–Kier alpha value is -2.57. The van der Waals surface area contributed by atoms with Gasteiger partial charge in [-0.15, -0.1) is 0 Å². The van der Waals surface area contributed by atoms with E-state index in [2.05, 4.69) is 71.1 Å². The van der Waals surface area contributed by atoms with Crippen LogP contribution in [0.1, 0.15) is 25.8 Å². The van der Waals surface area contributed by atoms with Crippen molar-refractivity contribution in [1.29, 1.82) is 0 Å². The van der Waals surface area contributed by atoms with Crippen LogP contribution in [0.5, 0.6) is 5.75 Å². The Morgan fingerprint density at radius 1 is 1.03 bits per heavy atom. The van der Waals surface area contributed by atoms with Gasteiger partial charge in [0.15, 0.2) is 0 Å². The molecule has 0 saturated carbocycles. The number of nitrogens with one attached hydrogen (secondary N) is 1. The highest BCUT2D eigenvalue weighted by molar-refractivity contribution is 5.78. The molecule has 3 aromatic rings. The lowest BCUT2D eigenvalue weighted by Gasteiger charge is -2.27. The first-order chi connectivity index (χ1) is 15.2. The SMILES string of the molecule is CC(C)CCOc1ccc(CNc2nc3ccccc3n2CCN2CCOCC2)cc1. The molecule has 6 nitrogen and oxygen atoms in total. The van der Waals surface area contributed by atoms with E-state index in [0.29, 0.717) is 5.92 Å². The molecule has 1 saturated heterocycles. The molecule has 1 aliphatic heterocycles. The van der Waals surface area contributed by atoms with Gasteiger partial charge in [0.05, 0.1) is 30.9 Å². The molecule has 6 heteroatoms. The fraction of sp³-hybridized carbons (Fsp3) is 0.480. The summed E-state index contributed by atoms with van der Waals surface area (Å²) in [5.41, 5.74) is 3.41. The first kappa shape index (κ1) is 21.7. The quantitative estimate of drug-likeness (QED) is 0.525. The largest absolute Gasteiger partial charge is 0.494 e. The maximum absolute atomic E-state index is 5.83. The zero-order chi connectivity index (χ0) is 21.5. The van der Waals surface area contributed by atoms with Gasteiger partial charge in [-0.05, 0) is 42.2 Å². The third-order valence-corrected chi connectivity index (χ3v) is 5.74. The van der Waals surface area contributed by atoms with Crippen molar-refractivity contribution < 1.29 is 9.47 Å². The molecule has 0 amide bonds. The van der Waals surface area contributed by atoms with Crippen molar-refractivity contribution in [3.63, 3.8) is 0 Å². The number of morpholine rings is 1.